The number of carbonyl (C=O) groups is 1. The molecule has 1 N–H and O–H groups in total. The summed E-state index contributed by atoms with van der Waals surface area (Å²) >= 11 is 0. The number of nitrogens with zero attached hydrogens (tertiary/aromatic N) is 3. The van der Waals surface area contributed by atoms with Gasteiger partial charge in [-0.1, -0.05) is 12.1 Å². The Morgan fingerprint density at radius 2 is 1.96 bits per heavy atom. The molecule has 120 valence electrons. The average molecular weight is 316 g/mol. The normalized spacial score (nSPS) is 14.6. The molecule has 0 aliphatic carbocycles. The van der Waals surface area contributed by atoms with Crippen LogP contribution in [-0.2, 0) is 16.0 Å². The van der Waals surface area contributed by atoms with Crippen molar-refractivity contribution in [3.63, 3.8) is 0 Å². The molecule has 3 rings (SSSR count). The van der Waals surface area contributed by atoms with Crippen LogP contribution in [0.4, 0.5) is 16.0 Å². The van der Waals surface area contributed by atoms with E-state index in [1.54, 1.807) is 18.2 Å². The highest BCUT2D eigenvalue weighted by molar-refractivity contribution is 5.91. The van der Waals surface area contributed by atoms with Crippen molar-refractivity contribution in [1.82, 2.24) is 9.97 Å². The maximum atomic E-state index is 12.9. The van der Waals surface area contributed by atoms with Gasteiger partial charge in [-0.05, 0) is 17.7 Å². The zero-order valence-electron chi connectivity index (χ0n) is 12.5. The number of nitrogens with one attached hydrogen (secondary N) is 1. The summed E-state index contributed by atoms with van der Waals surface area (Å²) in [5, 5.41) is 2.74. The van der Waals surface area contributed by atoms with Crippen LogP contribution in [0.1, 0.15) is 5.56 Å². The summed E-state index contributed by atoms with van der Waals surface area (Å²) in [5.74, 6) is 0.692. The van der Waals surface area contributed by atoms with E-state index in [0.29, 0.717) is 19.0 Å². The fourth-order valence-electron chi connectivity index (χ4n) is 2.36. The lowest BCUT2D eigenvalue weighted by Crippen LogP contribution is -2.36. The minimum atomic E-state index is -0.319. The highest BCUT2D eigenvalue weighted by atomic mass is 19.1. The van der Waals surface area contributed by atoms with Crippen molar-refractivity contribution in [3.8, 4) is 0 Å². The molecule has 1 fully saturated rings. The minimum absolute atomic E-state index is 0.164. The van der Waals surface area contributed by atoms with Crippen LogP contribution in [0.5, 0.6) is 0 Å². The fraction of sp³-hybridized carbons (Fsp3) is 0.312. The summed E-state index contributed by atoms with van der Waals surface area (Å²) < 4.78 is 18.2. The van der Waals surface area contributed by atoms with E-state index in [0.717, 1.165) is 24.5 Å². The van der Waals surface area contributed by atoms with Crippen molar-refractivity contribution >= 4 is 17.5 Å². The molecule has 1 aromatic carbocycles. The smallest absolute Gasteiger partial charge is 0.229 e. The molecule has 23 heavy (non-hydrogen) atoms. The molecule has 1 aliphatic heterocycles. The number of carbonyl (C=O) groups excluding carboxylic acids is 1. The minimum Gasteiger partial charge on any atom is -0.378 e. The second-order valence-corrected chi connectivity index (χ2v) is 5.21. The van der Waals surface area contributed by atoms with E-state index in [1.165, 1.54) is 18.5 Å². The van der Waals surface area contributed by atoms with E-state index in [1.807, 2.05) is 0 Å². The number of morpholine rings is 1. The molecule has 2 aromatic rings. The van der Waals surface area contributed by atoms with Gasteiger partial charge in [-0.25, -0.2) is 14.4 Å². The van der Waals surface area contributed by atoms with Gasteiger partial charge in [-0.15, -0.1) is 0 Å². The first-order valence-electron chi connectivity index (χ1n) is 7.40. The molecule has 0 spiro atoms. The Kier molecular flexibility index (Phi) is 4.77. The lowest BCUT2D eigenvalue weighted by Gasteiger charge is -2.27. The molecule has 7 heteroatoms. The summed E-state index contributed by atoms with van der Waals surface area (Å²) in [6.07, 6.45) is 1.59. The Balaban J connectivity index is 1.62. The van der Waals surface area contributed by atoms with Crippen molar-refractivity contribution in [2.75, 3.05) is 36.5 Å². The van der Waals surface area contributed by atoms with E-state index in [4.69, 9.17) is 4.74 Å². The third-order valence-corrected chi connectivity index (χ3v) is 3.53. The molecule has 0 saturated carbocycles. The van der Waals surface area contributed by atoms with E-state index in [9.17, 15) is 9.18 Å². The van der Waals surface area contributed by atoms with E-state index < -0.39 is 0 Å². The summed E-state index contributed by atoms with van der Waals surface area (Å²) in [7, 11) is 0. The molecule has 0 radical (unpaired) electrons. The number of hydrogen-bond acceptors (Lipinski definition) is 5. The van der Waals surface area contributed by atoms with Crippen LogP contribution in [0.2, 0.25) is 0 Å². The number of ether oxygens (including phenoxy) is 1. The van der Waals surface area contributed by atoms with Gasteiger partial charge in [0, 0.05) is 19.2 Å². The van der Waals surface area contributed by atoms with Crippen LogP contribution in [0.3, 0.4) is 0 Å². The fourth-order valence-corrected chi connectivity index (χ4v) is 2.36. The summed E-state index contributed by atoms with van der Waals surface area (Å²) in [4.78, 5) is 22.4. The van der Waals surface area contributed by atoms with Crippen molar-refractivity contribution in [1.29, 1.82) is 0 Å². The van der Waals surface area contributed by atoms with Crippen molar-refractivity contribution in [2.24, 2.45) is 0 Å². The predicted molar refractivity (Wildman–Crippen MR) is 83.8 cm³/mol. The van der Waals surface area contributed by atoms with Crippen molar-refractivity contribution < 1.29 is 13.9 Å². The zero-order chi connectivity index (χ0) is 16.1. The summed E-state index contributed by atoms with van der Waals surface area (Å²) in [5.41, 5.74) is 0.742. The van der Waals surface area contributed by atoms with Gasteiger partial charge in [-0.3, -0.25) is 4.79 Å². The van der Waals surface area contributed by atoms with Crippen LogP contribution in [0.15, 0.2) is 36.7 Å². The van der Waals surface area contributed by atoms with Crippen LogP contribution >= 0.6 is 0 Å². The van der Waals surface area contributed by atoms with Gasteiger partial charge in [0.25, 0.3) is 0 Å². The van der Waals surface area contributed by atoms with Gasteiger partial charge in [0.15, 0.2) is 0 Å². The number of anilines is 2. The second kappa shape index (κ2) is 7.15. The predicted octanol–water partition coefficient (Wildman–Crippen LogP) is 1.63. The topological polar surface area (TPSA) is 67.4 Å². The first kappa shape index (κ1) is 15.4. The van der Waals surface area contributed by atoms with Gasteiger partial charge in [-0.2, -0.15) is 0 Å². The first-order chi connectivity index (χ1) is 11.2. The number of amides is 1. The standard InChI is InChI=1S/C16H17FN4O2/c17-13-3-1-12(2-4-13)9-16(22)20-14-10-15(19-11-18-14)21-5-7-23-8-6-21/h1-4,10-11H,5-9H2,(H,18,19,20,22). The van der Waals surface area contributed by atoms with Gasteiger partial charge >= 0.3 is 0 Å². The largest absolute Gasteiger partial charge is 0.378 e. The second-order valence-electron chi connectivity index (χ2n) is 5.21. The SMILES string of the molecule is O=C(Cc1ccc(F)cc1)Nc1cc(N2CCOCC2)ncn1. The third kappa shape index (κ3) is 4.23. The van der Waals surface area contributed by atoms with E-state index in [2.05, 4.69) is 20.2 Å². The van der Waals surface area contributed by atoms with Gasteiger partial charge in [0.1, 0.15) is 23.8 Å². The average Bonchev–Trinajstić information content (AvgIpc) is 2.58. The lowest BCUT2D eigenvalue weighted by atomic mass is 10.1. The maximum absolute atomic E-state index is 12.9. The molecule has 6 nitrogen and oxygen atoms in total. The number of benzene rings is 1. The molecule has 1 saturated heterocycles. The van der Waals surface area contributed by atoms with Gasteiger partial charge < -0.3 is 15.0 Å². The van der Waals surface area contributed by atoms with Crippen LogP contribution in [0.25, 0.3) is 0 Å². The Bertz CT molecular complexity index is 672. The Morgan fingerprint density at radius 3 is 2.70 bits per heavy atom. The third-order valence-electron chi connectivity index (χ3n) is 3.53. The summed E-state index contributed by atoms with van der Waals surface area (Å²) in [6, 6.07) is 7.60. The van der Waals surface area contributed by atoms with Crippen LogP contribution < -0.4 is 10.2 Å². The van der Waals surface area contributed by atoms with E-state index >= 15 is 0 Å². The number of halogens is 1. The summed E-state index contributed by atoms with van der Waals surface area (Å²) in [6.45, 7) is 2.85. The molecular weight excluding hydrogens is 299 g/mol. The van der Waals surface area contributed by atoms with Crippen LogP contribution in [0, 0.1) is 5.82 Å². The van der Waals surface area contributed by atoms with E-state index in [-0.39, 0.29) is 18.1 Å². The van der Waals surface area contributed by atoms with Crippen LogP contribution in [-0.4, -0.2) is 42.2 Å². The molecule has 0 unspecified atom stereocenters. The molecular formula is C16H17FN4O2. The van der Waals surface area contributed by atoms with Gasteiger partial charge in [0.05, 0.1) is 19.6 Å². The highest BCUT2D eigenvalue weighted by Gasteiger charge is 2.13. The van der Waals surface area contributed by atoms with Crippen molar-refractivity contribution in [2.45, 2.75) is 6.42 Å². The van der Waals surface area contributed by atoms with Gasteiger partial charge in [0.2, 0.25) is 5.91 Å². The quantitative estimate of drug-likeness (QED) is 0.929. The zero-order valence-corrected chi connectivity index (χ0v) is 12.5. The first-order valence-corrected chi connectivity index (χ1v) is 7.40. The number of hydrogen-bond donors (Lipinski definition) is 1. The highest BCUT2D eigenvalue weighted by Crippen LogP contribution is 2.15. The number of aromatic nitrogens is 2. The molecule has 1 amide bonds. The molecule has 0 atom stereocenters. The maximum Gasteiger partial charge on any atom is 0.229 e. The molecule has 2 heterocycles. The molecule has 0 bridgehead atoms. The monoisotopic (exact) mass is 316 g/mol. The number of rotatable bonds is 4. The Morgan fingerprint density at radius 1 is 1.22 bits per heavy atom. The Hall–Kier alpha value is -2.54. The molecule has 1 aliphatic rings. The van der Waals surface area contributed by atoms with Crippen molar-refractivity contribution in [3.05, 3.63) is 48.0 Å². The molecule has 1 aromatic heterocycles. The lowest BCUT2D eigenvalue weighted by molar-refractivity contribution is -0.115. The Labute approximate surface area is 133 Å².